The van der Waals surface area contributed by atoms with Crippen molar-refractivity contribution in [3.8, 4) is 11.5 Å². The highest BCUT2D eigenvalue weighted by molar-refractivity contribution is 6.30. The molecule has 2 atom stereocenters. The van der Waals surface area contributed by atoms with Gasteiger partial charge in [0.15, 0.2) is 0 Å². The fourth-order valence-corrected chi connectivity index (χ4v) is 2.88. The zero-order valence-corrected chi connectivity index (χ0v) is 12.1. The van der Waals surface area contributed by atoms with Crippen molar-refractivity contribution in [2.45, 2.75) is 37.6 Å². The monoisotopic (exact) mass is 292 g/mol. The largest absolute Gasteiger partial charge is 0.339 e. The molecule has 3 rings (SSSR count). The number of likely N-dealkylation sites (N-methyl/N-ethyl adjacent to an activating group) is 1. The zero-order chi connectivity index (χ0) is 13.9. The van der Waals surface area contributed by atoms with E-state index in [9.17, 15) is 0 Å². The molecule has 1 aliphatic rings. The van der Waals surface area contributed by atoms with Crippen molar-refractivity contribution in [1.29, 1.82) is 0 Å². The number of hydrogen-bond donors (Lipinski definition) is 1. The minimum atomic E-state index is 0.294. The molecule has 0 radical (unpaired) electrons. The minimum absolute atomic E-state index is 0.294. The molecule has 1 N–H and O–H groups in total. The third-order valence-electron chi connectivity index (χ3n) is 3.85. The van der Waals surface area contributed by atoms with Gasteiger partial charge in [-0.25, -0.2) is 0 Å². The molecule has 0 amide bonds. The normalized spacial score (nSPS) is 22.9. The van der Waals surface area contributed by atoms with Crippen LogP contribution in [0, 0.1) is 0 Å². The summed E-state index contributed by atoms with van der Waals surface area (Å²) in [5, 5.41) is 7.99. The second-order valence-electron chi connectivity index (χ2n) is 5.10. The molecule has 1 saturated carbocycles. The van der Waals surface area contributed by atoms with Crippen LogP contribution in [0.2, 0.25) is 5.02 Å². The van der Waals surface area contributed by atoms with Crippen molar-refractivity contribution in [3.63, 3.8) is 0 Å². The second-order valence-corrected chi connectivity index (χ2v) is 5.54. The Balaban J connectivity index is 1.84. The summed E-state index contributed by atoms with van der Waals surface area (Å²) in [6, 6.07) is 3.99. The Labute approximate surface area is 122 Å². The predicted octanol–water partition coefficient (Wildman–Crippen LogP) is 3.03. The van der Waals surface area contributed by atoms with Gasteiger partial charge in [-0.05, 0) is 32.0 Å². The lowest BCUT2D eigenvalue weighted by Gasteiger charge is -2.28. The summed E-state index contributed by atoms with van der Waals surface area (Å²) >= 11 is 5.83. The van der Waals surface area contributed by atoms with Gasteiger partial charge >= 0.3 is 0 Å². The van der Waals surface area contributed by atoms with E-state index in [1.165, 1.54) is 12.8 Å². The molecule has 106 valence electrons. The van der Waals surface area contributed by atoms with Crippen LogP contribution in [-0.4, -0.2) is 28.2 Å². The Morgan fingerprint density at radius 1 is 1.30 bits per heavy atom. The van der Waals surface area contributed by atoms with Crippen LogP contribution in [0.3, 0.4) is 0 Å². The van der Waals surface area contributed by atoms with Gasteiger partial charge in [0.05, 0.1) is 10.9 Å². The summed E-state index contributed by atoms with van der Waals surface area (Å²) in [6.45, 7) is 0. The van der Waals surface area contributed by atoms with E-state index >= 15 is 0 Å². The molecule has 6 heteroatoms. The first-order chi connectivity index (χ1) is 9.78. The molecule has 0 saturated heterocycles. The molecule has 2 aromatic heterocycles. The smallest absolute Gasteiger partial charge is 0.231 e. The zero-order valence-electron chi connectivity index (χ0n) is 11.3. The molecule has 2 aromatic rings. The van der Waals surface area contributed by atoms with Crippen molar-refractivity contribution in [3.05, 3.63) is 29.2 Å². The number of nitrogens with one attached hydrogen (secondary N) is 1. The highest BCUT2D eigenvalue weighted by atomic mass is 35.5. The summed E-state index contributed by atoms with van der Waals surface area (Å²) in [7, 11) is 1.99. The summed E-state index contributed by atoms with van der Waals surface area (Å²) < 4.78 is 5.45. The lowest BCUT2D eigenvalue weighted by atomic mass is 9.84. The molecule has 1 aliphatic carbocycles. The highest BCUT2D eigenvalue weighted by Crippen LogP contribution is 2.32. The van der Waals surface area contributed by atoms with Gasteiger partial charge in [0.2, 0.25) is 11.7 Å². The van der Waals surface area contributed by atoms with Gasteiger partial charge in [0, 0.05) is 12.2 Å². The molecular weight excluding hydrogens is 276 g/mol. The Morgan fingerprint density at radius 3 is 2.90 bits per heavy atom. The Hall–Kier alpha value is -1.46. The molecule has 0 aliphatic heterocycles. The molecule has 2 unspecified atom stereocenters. The van der Waals surface area contributed by atoms with Crippen LogP contribution in [-0.2, 0) is 0 Å². The first-order valence-electron chi connectivity index (χ1n) is 6.90. The van der Waals surface area contributed by atoms with E-state index in [1.807, 2.05) is 7.05 Å². The summed E-state index contributed by atoms with van der Waals surface area (Å²) in [5.41, 5.74) is 0.682. The molecule has 0 aromatic carbocycles. The molecule has 1 fully saturated rings. The maximum atomic E-state index is 5.83. The van der Waals surface area contributed by atoms with Gasteiger partial charge in [-0.3, -0.25) is 4.98 Å². The van der Waals surface area contributed by atoms with Crippen LogP contribution in [0.5, 0.6) is 0 Å². The van der Waals surface area contributed by atoms with Crippen molar-refractivity contribution in [2.24, 2.45) is 0 Å². The number of halogens is 1. The van der Waals surface area contributed by atoms with Crippen molar-refractivity contribution in [1.82, 2.24) is 20.4 Å². The Bertz CT molecular complexity index is 569. The fraction of sp³-hybridized carbons (Fsp3) is 0.500. The van der Waals surface area contributed by atoms with Crippen molar-refractivity contribution >= 4 is 11.6 Å². The first-order valence-corrected chi connectivity index (χ1v) is 7.28. The van der Waals surface area contributed by atoms with E-state index in [0.717, 1.165) is 12.8 Å². The predicted molar refractivity (Wildman–Crippen MR) is 76.6 cm³/mol. The van der Waals surface area contributed by atoms with Crippen molar-refractivity contribution in [2.75, 3.05) is 7.05 Å². The fourth-order valence-electron chi connectivity index (χ4n) is 2.77. The van der Waals surface area contributed by atoms with Crippen LogP contribution in [0.1, 0.15) is 37.5 Å². The molecule has 5 nitrogen and oxygen atoms in total. The van der Waals surface area contributed by atoms with Crippen molar-refractivity contribution < 1.29 is 4.52 Å². The highest BCUT2D eigenvalue weighted by Gasteiger charge is 2.30. The topological polar surface area (TPSA) is 63.8 Å². The van der Waals surface area contributed by atoms with Gasteiger partial charge in [-0.1, -0.05) is 29.6 Å². The Morgan fingerprint density at radius 2 is 2.15 bits per heavy atom. The molecule has 0 bridgehead atoms. The van der Waals surface area contributed by atoms with Crippen LogP contribution in [0.25, 0.3) is 11.5 Å². The van der Waals surface area contributed by atoms with E-state index < -0.39 is 0 Å². The van der Waals surface area contributed by atoms with Gasteiger partial charge < -0.3 is 9.84 Å². The average Bonchev–Trinajstić information content (AvgIpc) is 2.97. The molecule has 0 spiro atoms. The van der Waals surface area contributed by atoms with Crippen LogP contribution >= 0.6 is 11.6 Å². The van der Waals surface area contributed by atoms with Gasteiger partial charge in [0.25, 0.3) is 0 Å². The van der Waals surface area contributed by atoms with Gasteiger partial charge in [0.1, 0.15) is 5.69 Å². The molecular formula is C14H17ClN4O. The van der Waals surface area contributed by atoms with E-state index in [4.69, 9.17) is 16.1 Å². The molecule has 20 heavy (non-hydrogen) atoms. The summed E-state index contributed by atoms with van der Waals surface area (Å²) in [4.78, 5) is 8.72. The van der Waals surface area contributed by atoms with Crippen LogP contribution in [0.15, 0.2) is 22.9 Å². The number of hydrogen-bond acceptors (Lipinski definition) is 5. The minimum Gasteiger partial charge on any atom is -0.339 e. The summed E-state index contributed by atoms with van der Waals surface area (Å²) in [5.74, 6) is 1.52. The van der Waals surface area contributed by atoms with E-state index in [0.29, 0.717) is 34.4 Å². The third kappa shape index (κ3) is 2.69. The second kappa shape index (κ2) is 5.89. The van der Waals surface area contributed by atoms with Crippen LogP contribution < -0.4 is 5.32 Å². The Kier molecular flexibility index (Phi) is 3.98. The van der Waals surface area contributed by atoms with Gasteiger partial charge in [-0.15, -0.1) is 0 Å². The lowest BCUT2D eigenvalue weighted by molar-refractivity contribution is 0.270. The molecule has 2 heterocycles. The quantitative estimate of drug-likeness (QED) is 0.942. The van der Waals surface area contributed by atoms with E-state index in [1.54, 1.807) is 18.3 Å². The third-order valence-corrected chi connectivity index (χ3v) is 4.08. The first kappa shape index (κ1) is 13.5. The number of aromatic nitrogens is 3. The SMILES string of the molecule is CNC1CCCCC1c1nc(-c2ccc(Cl)cn2)no1. The average molecular weight is 293 g/mol. The maximum absolute atomic E-state index is 5.83. The van der Waals surface area contributed by atoms with Crippen LogP contribution in [0.4, 0.5) is 0 Å². The number of rotatable bonds is 3. The number of nitrogens with zero attached hydrogens (tertiary/aromatic N) is 3. The van der Waals surface area contributed by atoms with Gasteiger partial charge in [-0.2, -0.15) is 4.98 Å². The van der Waals surface area contributed by atoms with E-state index in [-0.39, 0.29) is 0 Å². The summed E-state index contributed by atoms with van der Waals surface area (Å²) in [6.07, 6.45) is 6.28. The number of pyridine rings is 1. The van der Waals surface area contributed by atoms with E-state index in [2.05, 4.69) is 20.4 Å². The maximum Gasteiger partial charge on any atom is 0.231 e. The standard InChI is InChI=1S/C14H17ClN4O/c1-16-11-5-3-2-4-10(11)14-18-13(19-20-14)12-7-6-9(15)8-17-12/h6-8,10-11,16H,2-5H2,1H3. The lowest BCUT2D eigenvalue weighted by Crippen LogP contribution is -2.34.